The largest absolute Gasteiger partial charge is 0.497 e. The van der Waals surface area contributed by atoms with E-state index in [1.54, 1.807) is 7.11 Å². The molecule has 1 aliphatic carbocycles. The number of carbonyl (C=O) groups is 1. The Bertz CT molecular complexity index is 430. The quantitative estimate of drug-likeness (QED) is 0.872. The molecule has 0 saturated heterocycles. The van der Waals surface area contributed by atoms with E-state index >= 15 is 0 Å². The summed E-state index contributed by atoms with van der Waals surface area (Å²) < 4.78 is 5.12. The van der Waals surface area contributed by atoms with E-state index in [0.29, 0.717) is 0 Å². The topological polar surface area (TPSA) is 64.3 Å². The molecule has 1 aromatic carbocycles. The predicted molar refractivity (Wildman–Crippen MR) is 74.9 cm³/mol. The van der Waals surface area contributed by atoms with Crippen molar-refractivity contribution in [3.05, 3.63) is 29.8 Å². The third-order valence-corrected chi connectivity index (χ3v) is 3.82. The molecule has 2 rings (SSSR count). The highest BCUT2D eigenvalue weighted by molar-refractivity contribution is 5.79. The summed E-state index contributed by atoms with van der Waals surface area (Å²) in [7, 11) is 1.64. The summed E-state index contributed by atoms with van der Waals surface area (Å²) in [4.78, 5) is 12.1. The van der Waals surface area contributed by atoms with Gasteiger partial charge in [-0.1, -0.05) is 12.1 Å². The average molecular weight is 262 g/mol. The van der Waals surface area contributed by atoms with E-state index in [0.717, 1.165) is 30.6 Å². The molecule has 4 heteroatoms. The first-order valence-corrected chi connectivity index (χ1v) is 6.80. The van der Waals surface area contributed by atoms with E-state index in [1.807, 2.05) is 31.2 Å². The second kappa shape index (κ2) is 6.06. The first-order valence-electron chi connectivity index (χ1n) is 6.80. The fourth-order valence-corrected chi connectivity index (χ4v) is 2.56. The van der Waals surface area contributed by atoms with Crippen molar-refractivity contribution in [1.29, 1.82) is 0 Å². The van der Waals surface area contributed by atoms with Crippen molar-refractivity contribution < 1.29 is 9.53 Å². The average Bonchev–Trinajstić information content (AvgIpc) is 2.85. The standard InChI is InChI=1S/C15H22N2O2/c1-10(11-4-7-14(19-2)8-5-11)17-15(18)12-3-6-13(16)9-12/h4-5,7-8,10,12-13H,3,6,9,16H2,1-2H3,(H,17,18)/t10-,12?,13?/m1/s1. The molecule has 3 atom stereocenters. The predicted octanol–water partition coefficient (Wildman–Crippen LogP) is 2.00. The molecule has 1 fully saturated rings. The monoisotopic (exact) mass is 262 g/mol. The summed E-state index contributed by atoms with van der Waals surface area (Å²) in [6.45, 7) is 1.99. The first kappa shape index (κ1) is 13.9. The first-order chi connectivity index (χ1) is 9.10. The molecule has 2 unspecified atom stereocenters. The zero-order valence-corrected chi connectivity index (χ0v) is 11.6. The van der Waals surface area contributed by atoms with Gasteiger partial charge in [0.25, 0.3) is 0 Å². The molecule has 0 aromatic heterocycles. The van der Waals surface area contributed by atoms with Crippen LogP contribution in [0.5, 0.6) is 5.75 Å². The number of ether oxygens (including phenoxy) is 1. The van der Waals surface area contributed by atoms with Gasteiger partial charge in [-0.05, 0) is 43.9 Å². The van der Waals surface area contributed by atoms with Crippen molar-refractivity contribution in [3.63, 3.8) is 0 Å². The van der Waals surface area contributed by atoms with Crippen LogP contribution < -0.4 is 15.8 Å². The number of benzene rings is 1. The molecule has 3 N–H and O–H groups in total. The molecule has 1 aromatic rings. The van der Waals surface area contributed by atoms with Gasteiger partial charge in [-0.15, -0.1) is 0 Å². The minimum Gasteiger partial charge on any atom is -0.497 e. The normalized spacial score (nSPS) is 23.9. The Kier molecular flexibility index (Phi) is 4.43. The third-order valence-electron chi connectivity index (χ3n) is 3.82. The SMILES string of the molecule is COc1ccc([C@@H](C)NC(=O)C2CCC(N)C2)cc1. The number of hydrogen-bond donors (Lipinski definition) is 2. The molecule has 0 radical (unpaired) electrons. The Hall–Kier alpha value is -1.55. The van der Waals surface area contributed by atoms with Crippen LogP contribution in [0, 0.1) is 5.92 Å². The maximum absolute atomic E-state index is 12.1. The molecule has 0 bridgehead atoms. The van der Waals surface area contributed by atoms with Crippen molar-refractivity contribution in [3.8, 4) is 5.75 Å². The Morgan fingerprint density at radius 1 is 1.37 bits per heavy atom. The summed E-state index contributed by atoms with van der Waals surface area (Å²) in [5.41, 5.74) is 6.92. The molecule has 19 heavy (non-hydrogen) atoms. The van der Waals surface area contributed by atoms with Gasteiger partial charge in [-0.2, -0.15) is 0 Å². The van der Waals surface area contributed by atoms with Gasteiger partial charge in [-0.3, -0.25) is 4.79 Å². The van der Waals surface area contributed by atoms with Crippen LogP contribution in [-0.4, -0.2) is 19.1 Å². The van der Waals surface area contributed by atoms with Crippen molar-refractivity contribution in [2.75, 3.05) is 7.11 Å². The summed E-state index contributed by atoms with van der Waals surface area (Å²) >= 11 is 0. The molecule has 1 amide bonds. The summed E-state index contributed by atoms with van der Waals surface area (Å²) in [5.74, 6) is 1.02. The molecule has 1 saturated carbocycles. The third kappa shape index (κ3) is 3.47. The Balaban J connectivity index is 1.92. The highest BCUT2D eigenvalue weighted by Gasteiger charge is 2.28. The minimum absolute atomic E-state index is 0.00947. The number of carbonyl (C=O) groups excluding carboxylic acids is 1. The molecule has 0 spiro atoms. The fourth-order valence-electron chi connectivity index (χ4n) is 2.56. The van der Waals surface area contributed by atoms with E-state index in [-0.39, 0.29) is 23.9 Å². The second-order valence-electron chi connectivity index (χ2n) is 5.27. The van der Waals surface area contributed by atoms with Gasteiger partial charge in [-0.25, -0.2) is 0 Å². The number of hydrogen-bond acceptors (Lipinski definition) is 3. The lowest BCUT2D eigenvalue weighted by Gasteiger charge is -2.17. The van der Waals surface area contributed by atoms with Gasteiger partial charge >= 0.3 is 0 Å². The van der Waals surface area contributed by atoms with E-state index in [1.165, 1.54) is 0 Å². The van der Waals surface area contributed by atoms with Crippen LogP contribution in [0.3, 0.4) is 0 Å². The van der Waals surface area contributed by atoms with Crippen LogP contribution in [0.1, 0.15) is 37.8 Å². The Morgan fingerprint density at radius 2 is 2.05 bits per heavy atom. The van der Waals surface area contributed by atoms with Crippen molar-refractivity contribution in [2.45, 2.75) is 38.3 Å². The van der Waals surface area contributed by atoms with Gasteiger partial charge in [0.2, 0.25) is 5.91 Å². The molecule has 0 aliphatic heterocycles. The lowest BCUT2D eigenvalue weighted by atomic mass is 10.0. The molecule has 0 heterocycles. The number of amides is 1. The van der Waals surface area contributed by atoms with Crippen molar-refractivity contribution in [2.24, 2.45) is 11.7 Å². The van der Waals surface area contributed by atoms with Crippen molar-refractivity contribution in [1.82, 2.24) is 5.32 Å². The second-order valence-corrected chi connectivity index (χ2v) is 5.27. The minimum atomic E-state index is 0.00947. The van der Waals surface area contributed by atoms with Crippen LogP contribution >= 0.6 is 0 Å². The van der Waals surface area contributed by atoms with E-state index in [2.05, 4.69) is 5.32 Å². The number of rotatable bonds is 4. The van der Waals surface area contributed by atoms with Crippen LogP contribution in [0.2, 0.25) is 0 Å². The highest BCUT2D eigenvalue weighted by atomic mass is 16.5. The van der Waals surface area contributed by atoms with Gasteiger partial charge in [0.1, 0.15) is 5.75 Å². The molecular weight excluding hydrogens is 240 g/mol. The highest BCUT2D eigenvalue weighted by Crippen LogP contribution is 2.25. The van der Waals surface area contributed by atoms with E-state index in [9.17, 15) is 4.79 Å². The van der Waals surface area contributed by atoms with E-state index in [4.69, 9.17) is 10.5 Å². The zero-order chi connectivity index (χ0) is 13.8. The van der Waals surface area contributed by atoms with Gasteiger partial charge in [0, 0.05) is 12.0 Å². The smallest absolute Gasteiger partial charge is 0.223 e. The lowest BCUT2D eigenvalue weighted by molar-refractivity contribution is -0.125. The Labute approximate surface area is 114 Å². The fraction of sp³-hybridized carbons (Fsp3) is 0.533. The summed E-state index contributed by atoms with van der Waals surface area (Å²) in [6.07, 6.45) is 2.67. The van der Waals surface area contributed by atoms with Gasteiger partial charge in [0.05, 0.1) is 13.2 Å². The number of methoxy groups -OCH3 is 1. The molecule has 104 valence electrons. The van der Waals surface area contributed by atoms with Crippen LogP contribution in [0.25, 0.3) is 0 Å². The summed E-state index contributed by atoms with van der Waals surface area (Å²) in [5, 5.41) is 3.06. The lowest BCUT2D eigenvalue weighted by Crippen LogP contribution is -2.32. The van der Waals surface area contributed by atoms with Crippen LogP contribution in [-0.2, 0) is 4.79 Å². The van der Waals surface area contributed by atoms with Crippen molar-refractivity contribution >= 4 is 5.91 Å². The van der Waals surface area contributed by atoms with Crippen LogP contribution in [0.15, 0.2) is 24.3 Å². The van der Waals surface area contributed by atoms with E-state index < -0.39 is 0 Å². The Morgan fingerprint density at radius 3 is 2.58 bits per heavy atom. The van der Waals surface area contributed by atoms with Gasteiger partial charge < -0.3 is 15.8 Å². The number of nitrogens with one attached hydrogen (secondary N) is 1. The zero-order valence-electron chi connectivity index (χ0n) is 11.6. The maximum Gasteiger partial charge on any atom is 0.223 e. The molecular formula is C15H22N2O2. The molecule has 4 nitrogen and oxygen atoms in total. The maximum atomic E-state index is 12.1. The number of nitrogens with two attached hydrogens (primary N) is 1. The van der Waals surface area contributed by atoms with Gasteiger partial charge in [0.15, 0.2) is 0 Å². The summed E-state index contributed by atoms with van der Waals surface area (Å²) in [6, 6.07) is 7.96. The molecule has 1 aliphatic rings. The van der Waals surface area contributed by atoms with Crippen LogP contribution in [0.4, 0.5) is 0 Å².